The molecule has 0 radical (unpaired) electrons. The molecule has 2 aromatic rings. The Kier molecular flexibility index (Phi) is 5.72. The summed E-state index contributed by atoms with van der Waals surface area (Å²) in [6.07, 6.45) is 4.78. The largest absolute Gasteiger partial charge is 0.382 e. The third-order valence-electron chi connectivity index (χ3n) is 4.39. The van der Waals surface area contributed by atoms with E-state index in [0.717, 1.165) is 31.4 Å². The number of hydrogen-bond acceptors (Lipinski definition) is 3. The summed E-state index contributed by atoms with van der Waals surface area (Å²) in [4.78, 5) is 15.3. The number of aromatic amines is 1. The van der Waals surface area contributed by atoms with Gasteiger partial charge in [0.1, 0.15) is 0 Å². The average Bonchev–Trinajstić information content (AvgIpc) is 3.25. The Morgan fingerprint density at radius 2 is 2.38 bits per heavy atom. The Bertz CT molecular complexity index is 664. The normalized spacial score (nSPS) is 18.6. The fraction of sp³-hybridized carbons (Fsp3) is 0.500. The van der Waals surface area contributed by atoms with Crippen molar-refractivity contribution in [2.45, 2.75) is 31.4 Å². The molecule has 1 aliphatic rings. The van der Waals surface area contributed by atoms with Crippen LogP contribution in [0.3, 0.4) is 0 Å². The van der Waals surface area contributed by atoms with E-state index >= 15 is 0 Å². The van der Waals surface area contributed by atoms with Crippen LogP contribution in [-0.2, 0) is 15.9 Å². The van der Waals surface area contributed by atoms with Crippen molar-refractivity contribution in [1.82, 2.24) is 15.6 Å². The van der Waals surface area contributed by atoms with E-state index in [1.54, 1.807) is 7.11 Å². The number of fused-ring (bicyclic) bond motifs is 1. The van der Waals surface area contributed by atoms with Gasteiger partial charge < -0.3 is 25.1 Å². The summed E-state index contributed by atoms with van der Waals surface area (Å²) in [6, 6.07) is 8.07. The third kappa shape index (κ3) is 4.27. The van der Waals surface area contributed by atoms with Crippen molar-refractivity contribution >= 4 is 16.9 Å². The van der Waals surface area contributed by atoms with E-state index in [9.17, 15) is 4.79 Å². The quantitative estimate of drug-likeness (QED) is 0.728. The molecule has 2 atom stereocenters. The summed E-state index contributed by atoms with van der Waals surface area (Å²) in [5.74, 6) is 0. The van der Waals surface area contributed by atoms with E-state index in [2.05, 4.69) is 39.9 Å². The highest BCUT2D eigenvalue weighted by atomic mass is 16.5. The van der Waals surface area contributed by atoms with Gasteiger partial charge in [-0.3, -0.25) is 0 Å². The minimum Gasteiger partial charge on any atom is -0.382 e. The lowest BCUT2D eigenvalue weighted by Gasteiger charge is -2.23. The van der Waals surface area contributed by atoms with Crippen molar-refractivity contribution in [3.05, 3.63) is 36.0 Å². The molecule has 130 valence electrons. The molecule has 0 spiro atoms. The van der Waals surface area contributed by atoms with Crippen LogP contribution in [-0.4, -0.2) is 50.0 Å². The summed E-state index contributed by atoms with van der Waals surface area (Å²) < 4.78 is 10.8. The Morgan fingerprint density at radius 1 is 1.46 bits per heavy atom. The van der Waals surface area contributed by atoms with Crippen LogP contribution in [0.1, 0.15) is 18.4 Å². The molecule has 2 heterocycles. The number of H-pyrrole nitrogens is 1. The first-order valence-corrected chi connectivity index (χ1v) is 8.47. The second-order valence-electron chi connectivity index (χ2n) is 6.16. The lowest BCUT2D eigenvalue weighted by atomic mass is 10.1. The topological polar surface area (TPSA) is 75.4 Å². The monoisotopic (exact) mass is 331 g/mol. The number of hydrogen-bond donors (Lipinski definition) is 3. The van der Waals surface area contributed by atoms with Gasteiger partial charge in [0.05, 0.1) is 18.8 Å². The molecular weight excluding hydrogens is 306 g/mol. The number of benzene rings is 1. The minimum atomic E-state index is -0.171. The predicted octanol–water partition coefficient (Wildman–Crippen LogP) is 2.20. The van der Waals surface area contributed by atoms with Crippen molar-refractivity contribution in [2.75, 3.05) is 26.9 Å². The van der Waals surface area contributed by atoms with E-state index in [1.165, 1.54) is 10.9 Å². The molecule has 6 nitrogen and oxygen atoms in total. The standard InChI is InChI=1S/C18H25N3O3/c1-23-12-16(17-3-2-10-24-17)21-18(22)20-8-6-13-4-5-15-14(11-13)7-9-19-15/h4-5,7,9,11,16-17,19H,2-3,6,8,10,12H2,1H3,(H2,20,21,22)/t16-,17+/m0/s1. The fourth-order valence-corrected chi connectivity index (χ4v) is 3.14. The molecule has 1 fully saturated rings. The number of amides is 2. The molecule has 0 unspecified atom stereocenters. The Morgan fingerprint density at radius 3 is 3.17 bits per heavy atom. The van der Waals surface area contributed by atoms with E-state index in [-0.39, 0.29) is 18.2 Å². The second kappa shape index (κ2) is 8.17. The Balaban J connectivity index is 1.45. The molecule has 0 bridgehead atoms. The zero-order valence-electron chi connectivity index (χ0n) is 14.0. The zero-order chi connectivity index (χ0) is 16.8. The lowest BCUT2D eigenvalue weighted by Crippen LogP contribution is -2.50. The number of methoxy groups -OCH3 is 1. The third-order valence-corrected chi connectivity index (χ3v) is 4.39. The first-order valence-electron chi connectivity index (χ1n) is 8.47. The van der Waals surface area contributed by atoms with Gasteiger partial charge in [0.25, 0.3) is 0 Å². The van der Waals surface area contributed by atoms with Gasteiger partial charge in [0.15, 0.2) is 0 Å². The highest BCUT2D eigenvalue weighted by Crippen LogP contribution is 2.16. The van der Waals surface area contributed by atoms with E-state index in [1.807, 2.05) is 6.20 Å². The number of carbonyl (C=O) groups excluding carboxylic acids is 1. The SMILES string of the molecule is COC[C@H](NC(=O)NCCc1ccc2[nH]ccc2c1)[C@H]1CCCO1. The maximum Gasteiger partial charge on any atom is 0.315 e. The number of rotatable bonds is 7. The number of aromatic nitrogens is 1. The van der Waals surface area contributed by atoms with Crippen LogP contribution in [0.4, 0.5) is 4.79 Å². The molecule has 0 saturated carbocycles. The van der Waals surface area contributed by atoms with E-state index in [0.29, 0.717) is 13.2 Å². The van der Waals surface area contributed by atoms with Crippen molar-refractivity contribution in [2.24, 2.45) is 0 Å². The number of ether oxygens (including phenoxy) is 2. The first kappa shape index (κ1) is 16.8. The summed E-state index contributed by atoms with van der Waals surface area (Å²) in [7, 11) is 1.64. The molecular formula is C18H25N3O3. The van der Waals surface area contributed by atoms with Crippen LogP contribution in [0, 0.1) is 0 Å². The van der Waals surface area contributed by atoms with Gasteiger partial charge in [-0.25, -0.2) is 4.79 Å². The number of carbonyl (C=O) groups is 1. The van der Waals surface area contributed by atoms with Crippen LogP contribution in [0.15, 0.2) is 30.5 Å². The zero-order valence-corrected chi connectivity index (χ0v) is 14.0. The van der Waals surface area contributed by atoms with Gasteiger partial charge in [-0.1, -0.05) is 6.07 Å². The summed E-state index contributed by atoms with van der Waals surface area (Å²) in [6.45, 7) is 1.81. The maximum absolute atomic E-state index is 12.1. The molecule has 2 amide bonds. The lowest BCUT2D eigenvalue weighted by molar-refractivity contribution is 0.0470. The molecule has 3 rings (SSSR count). The van der Waals surface area contributed by atoms with Crippen molar-refractivity contribution in [3.63, 3.8) is 0 Å². The van der Waals surface area contributed by atoms with E-state index in [4.69, 9.17) is 9.47 Å². The van der Waals surface area contributed by atoms with Gasteiger partial charge >= 0.3 is 6.03 Å². The molecule has 0 aliphatic carbocycles. The van der Waals surface area contributed by atoms with Gasteiger partial charge in [-0.2, -0.15) is 0 Å². The highest BCUT2D eigenvalue weighted by molar-refractivity contribution is 5.80. The maximum atomic E-state index is 12.1. The first-order chi connectivity index (χ1) is 11.8. The van der Waals surface area contributed by atoms with Gasteiger partial charge in [-0.15, -0.1) is 0 Å². The van der Waals surface area contributed by atoms with Crippen molar-refractivity contribution in [3.8, 4) is 0 Å². The van der Waals surface area contributed by atoms with Gasteiger partial charge in [0, 0.05) is 32.0 Å². The molecule has 6 heteroatoms. The Hall–Kier alpha value is -2.05. The van der Waals surface area contributed by atoms with Crippen LogP contribution in [0.5, 0.6) is 0 Å². The molecule has 3 N–H and O–H groups in total. The van der Waals surface area contributed by atoms with Crippen LogP contribution < -0.4 is 10.6 Å². The van der Waals surface area contributed by atoms with Crippen LogP contribution >= 0.6 is 0 Å². The van der Waals surface area contributed by atoms with Gasteiger partial charge in [-0.05, 0) is 48.4 Å². The van der Waals surface area contributed by atoms with Gasteiger partial charge in [0.2, 0.25) is 0 Å². The smallest absolute Gasteiger partial charge is 0.315 e. The number of nitrogens with one attached hydrogen (secondary N) is 3. The second-order valence-corrected chi connectivity index (χ2v) is 6.16. The molecule has 24 heavy (non-hydrogen) atoms. The molecule has 1 aromatic heterocycles. The predicted molar refractivity (Wildman–Crippen MR) is 93.2 cm³/mol. The minimum absolute atomic E-state index is 0.0479. The van der Waals surface area contributed by atoms with Crippen LogP contribution in [0.25, 0.3) is 10.9 Å². The highest BCUT2D eigenvalue weighted by Gasteiger charge is 2.27. The number of urea groups is 1. The van der Waals surface area contributed by atoms with Crippen LogP contribution in [0.2, 0.25) is 0 Å². The van der Waals surface area contributed by atoms with Crippen molar-refractivity contribution < 1.29 is 14.3 Å². The Labute approximate surface area is 141 Å². The summed E-state index contributed by atoms with van der Waals surface area (Å²) >= 11 is 0. The molecule has 1 aromatic carbocycles. The molecule has 1 aliphatic heterocycles. The summed E-state index contributed by atoms with van der Waals surface area (Å²) in [5.41, 5.74) is 2.33. The molecule has 1 saturated heterocycles. The van der Waals surface area contributed by atoms with E-state index < -0.39 is 0 Å². The summed E-state index contributed by atoms with van der Waals surface area (Å²) in [5, 5.41) is 7.07. The fourth-order valence-electron chi connectivity index (χ4n) is 3.14. The van der Waals surface area contributed by atoms with Crippen molar-refractivity contribution in [1.29, 1.82) is 0 Å². The average molecular weight is 331 g/mol.